The Kier molecular flexibility index (Phi) is 3.85. The first-order chi connectivity index (χ1) is 10.2. The Morgan fingerprint density at radius 2 is 1.77 bits per heavy atom. The number of nitrogens with zero attached hydrogens (tertiary/aromatic N) is 1. The summed E-state index contributed by atoms with van der Waals surface area (Å²) in [5.74, 6) is -1.59. The first kappa shape index (κ1) is 15.5. The summed E-state index contributed by atoms with van der Waals surface area (Å²) >= 11 is 0. The van der Waals surface area contributed by atoms with Crippen LogP contribution in [0.2, 0.25) is 0 Å². The van der Waals surface area contributed by atoms with E-state index in [-0.39, 0.29) is 11.1 Å². The number of hydrogen-bond donors (Lipinski definition) is 1. The predicted octanol–water partition coefficient (Wildman–Crippen LogP) is 3.98. The van der Waals surface area contributed by atoms with Gasteiger partial charge in [0.1, 0.15) is 5.56 Å². The van der Waals surface area contributed by atoms with Crippen LogP contribution >= 0.6 is 0 Å². The monoisotopic (exact) mass is 311 g/mol. The zero-order valence-electron chi connectivity index (χ0n) is 10.8. The van der Waals surface area contributed by atoms with E-state index in [1.807, 2.05) is 0 Å². The third kappa shape index (κ3) is 2.90. The average molecular weight is 311 g/mol. The number of benzene rings is 2. The number of carbonyl (C=O) groups is 1. The summed E-state index contributed by atoms with van der Waals surface area (Å²) in [6.45, 7) is 0. The van der Waals surface area contributed by atoms with Crippen LogP contribution in [-0.4, -0.2) is 16.0 Å². The van der Waals surface area contributed by atoms with Crippen LogP contribution in [-0.2, 0) is 6.18 Å². The van der Waals surface area contributed by atoms with Gasteiger partial charge in [0.2, 0.25) is 0 Å². The highest BCUT2D eigenvalue weighted by atomic mass is 19.4. The van der Waals surface area contributed by atoms with Crippen molar-refractivity contribution in [1.29, 1.82) is 0 Å². The van der Waals surface area contributed by atoms with Gasteiger partial charge in [-0.25, -0.2) is 4.79 Å². The average Bonchev–Trinajstić information content (AvgIpc) is 2.45. The highest BCUT2D eigenvalue weighted by molar-refractivity contribution is 5.94. The SMILES string of the molecule is O=C(O)c1cc(-c2ccccc2C(F)(F)F)ccc1[N+](=O)[O-]. The van der Waals surface area contributed by atoms with Crippen LogP contribution in [0.3, 0.4) is 0 Å². The molecule has 0 heterocycles. The summed E-state index contributed by atoms with van der Waals surface area (Å²) in [5, 5.41) is 19.8. The summed E-state index contributed by atoms with van der Waals surface area (Å²) in [6.07, 6.45) is -4.62. The van der Waals surface area contributed by atoms with E-state index in [1.54, 1.807) is 0 Å². The minimum atomic E-state index is -4.62. The lowest BCUT2D eigenvalue weighted by Gasteiger charge is -2.13. The third-order valence-corrected chi connectivity index (χ3v) is 2.97. The van der Waals surface area contributed by atoms with Gasteiger partial charge in [0.05, 0.1) is 10.5 Å². The van der Waals surface area contributed by atoms with Crippen LogP contribution in [0.5, 0.6) is 0 Å². The summed E-state index contributed by atoms with van der Waals surface area (Å²) < 4.78 is 38.9. The van der Waals surface area contributed by atoms with E-state index in [4.69, 9.17) is 5.11 Å². The maximum absolute atomic E-state index is 13.0. The molecule has 0 saturated heterocycles. The molecule has 0 fully saturated rings. The minimum absolute atomic E-state index is 0.0593. The molecule has 0 spiro atoms. The van der Waals surface area contributed by atoms with Gasteiger partial charge >= 0.3 is 12.1 Å². The van der Waals surface area contributed by atoms with E-state index in [1.165, 1.54) is 18.2 Å². The van der Waals surface area contributed by atoms with Gasteiger partial charge in [0.25, 0.3) is 5.69 Å². The van der Waals surface area contributed by atoms with Gasteiger partial charge in [-0.2, -0.15) is 13.2 Å². The molecule has 0 aliphatic carbocycles. The Morgan fingerprint density at radius 1 is 1.14 bits per heavy atom. The predicted molar refractivity (Wildman–Crippen MR) is 70.5 cm³/mol. The second-order valence-electron chi connectivity index (χ2n) is 4.34. The van der Waals surface area contributed by atoms with Crippen molar-refractivity contribution in [2.45, 2.75) is 6.18 Å². The molecule has 0 bridgehead atoms. The van der Waals surface area contributed by atoms with E-state index < -0.39 is 33.9 Å². The van der Waals surface area contributed by atoms with Crippen LogP contribution in [0.15, 0.2) is 42.5 Å². The van der Waals surface area contributed by atoms with Crippen molar-refractivity contribution in [2.24, 2.45) is 0 Å². The molecule has 0 atom stereocenters. The van der Waals surface area contributed by atoms with E-state index in [0.29, 0.717) is 0 Å². The van der Waals surface area contributed by atoms with Crippen molar-refractivity contribution >= 4 is 11.7 Å². The number of carboxylic acid groups (broad SMARTS) is 1. The third-order valence-electron chi connectivity index (χ3n) is 2.97. The normalized spacial score (nSPS) is 11.2. The Labute approximate surface area is 121 Å². The van der Waals surface area contributed by atoms with Gasteiger partial charge in [-0.1, -0.05) is 18.2 Å². The van der Waals surface area contributed by atoms with Crippen LogP contribution in [0.1, 0.15) is 15.9 Å². The maximum Gasteiger partial charge on any atom is 0.417 e. The van der Waals surface area contributed by atoms with Crippen molar-refractivity contribution in [1.82, 2.24) is 0 Å². The second kappa shape index (κ2) is 5.47. The molecule has 0 saturated carbocycles. The number of nitro groups is 1. The van der Waals surface area contributed by atoms with Crippen LogP contribution in [0, 0.1) is 10.1 Å². The van der Waals surface area contributed by atoms with Crippen molar-refractivity contribution in [3.63, 3.8) is 0 Å². The first-order valence-electron chi connectivity index (χ1n) is 5.90. The van der Waals surface area contributed by atoms with Gasteiger partial charge in [-0.05, 0) is 29.3 Å². The molecule has 0 aromatic heterocycles. The molecule has 5 nitrogen and oxygen atoms in total. The standard InChI is InChI=1S/C14H8F3NO4/c15-14(16,17)11-4-2-1-3-9(11)8-5-6-12(18(21)22)10(7-8)13(19)20/h1-7H,(H,19,20). The number of nitro benzene ring substituents is 1. The lowest BCUT2D eigenvalue weighted by molar-refractivity contribution is -0.385. The zero-order chi connectivity index (χ0) is 16.5. The molecule has 0 aliphatic heterocycles. The van der Waals surface area contributed by atoms with Gasteiger partial charge in [0.15, 0.2) is 0 Å². The lowest BCUT2D eigenvalue weighted by atomic mass is 9.97. The van der Waals surface area contributed by atoms with Crippen LogP contribution in [0.4, 0.5) is 18.9 Å². The molecule has 0 radical (unpaired) electrons. The smallest absolute Gasteiger partial charge is 0.417 e. The molecule has 0 aliphatic rings. The minimum Gasteiger partial charge on any atom is -0.477 e. The number of rotatable bonds is 3. The zero-order valence-corrected chi connectivity index (χ0v) is 10.8. The van der Waals surface area contributed by atoms with Crippen molar-refractivity contribution < 1.29 is 28.0 Å². The highest BCUT2D eigenvalue weighted by Crippen LogP contribution is 2.38. The summed E-state index contributed by atoms with van der Waals surface area (Å²) in [6, 6.07) is 7.45. The molecule has 114 valence electrons. The molecule has 2 aromatic rings. The van der Waals surface area contributed by atoms with Gasteiger partial charge in [-0.3, -0.25) is 10.1 Å². The summed E-state index contributed by atoms with van der Waals surface area (Å²) in [4.78, 5) is 20.9. The summed E-state index contributed by atoms with van der Waals surface area (Å²) in [5.41, 5.74) is -2.59. The topological polar surface area (TPSA) is 80.4 Å². The largest absolute Gasteiger partial charge is 0.477 e. The Bertz CT molecular complexity index is 756. The molecule has 1 N–H and O–H groups in total. The molecular weight excluding hydrogens is 303 g/mol. The molecule has 8 heteroatoms. The Morgan fingerprint density at radius 3 is 2.32 bits per heavy atom. The fourth-order valence-electron chi connectivity index (χ4n) is 2.02. The van der Waals surface area contributed by atoms with Gasteiger partial charge in [-0.15, -0.1) is 0 Å². The summed E-state index contributed by atoms with van der Waals surface area (Å²) in [7, 11) is 0. The van der Waals surface area contributed by atoms with E-state index in [9.17, 15) is 28.1 Å². The molecule has 22 heavy (non-hydrogen) atoms. The first-order valence-corrected chi connectivity index (χ1v) is 5.90. The Hall–Kier alpha value is -2.90. The molecule has 2 aromatic carbocycles. The molecule has 2 rings (SSSR count). The fourth-order valence-corrected chi connectivity index (χ4v) is 2.02. The number of alkyl halides is 3. The highest BCUT2D eigenvalue weighted by Gasteiger charge is 2.33. The van der Waals surface area contributed by atoms with Crippen molar-refractivity contribution in [2.75, 3.05) is 0 Å². The Balaban J connectivity index is 2.68. The molecule has 0 unspecified atom stereocenters. The van der Waals surface area contributed by atoms with E-state index in [0.717, 1.165) is 24.3 Å². The van der Waals surface area contributed by atoms with E-state index >= 15 is 0 Å². The van der Waals surface area contributed by atoms with Crippen LogP contribution in [0.25, 0.3) is 11.1 Å². The van der Waals surface area contributed by atoms with Gasteiger partial charge in [0, 0.05) is 6.07 Å². The van der Waals surface area contributed by atoms with Crippen LogP contribution < -0.4 is 0 Å². The van der Waals surface area contributed by atoms with E-state index in [2.05, 4.69) is 0 Å². The fraction of sp³-hybridized carbons (Fsp3) is 0.0714. The number of aromatic carboxylic acids is 1. The number of halogens is 3. The molecular formula is C14H8F3NO4. The van der Waals surface area contributed by atoms with Gasteiger partial charge < -0.3 is 5.11 Å². The number of hydrogen-bond acceptors (Lipinski definition) is 3. The second-order valence-corrected chi connectivity index (χ2v) is 4.34. The lowest BCUT2D eigenvalue weighted by Crippen LogP contribution is -2.08. The quantitative estimate of drug-likeness (QED) is 0.686. The van der Waals surface area contributed by atoms with Crippen molar-refractivity contribution in [3.05, 3.63) is 63.7 Å². The van der Waals surface area contributed by atoms with Crippen molar-refractivity contribution in [3.8, 4) is 11.1 Å². The number of carboxylic acids is 1. The molecule has 0 amide bonds. The maximum atomic E-state index is 13.0.